The lowest BCUT2D eigenvalue weighted by molar-refractivity contribution is -0.152. The summed E-state index contributed by atoms with van der Waals surface area (Å²) in [5, 5.41) is 9.13. The smallest absolute Gasteiger partial charge is 0.306 e. The van der Waals surface area contributed by atoms with Crippen LogP contribution in [0.3, 0.4) is 0 Å². The molecule has 0 bridgehead atoms. The van der Waals surface area contributed by atoms with E-state index in [1.807, 2.05) is 24.0 Å². The van der Waals surface area contributed by atoms with E-state index in [0.717, 1.165) is 5.56 Å². The predicted molar refractivity (Wildman–Crippen MR) is 94.1 cm³/mol. The standard InChI is InChI=1S/C20H27NO4/c1-13-5-3-4-6-17(13)18-11-21(14(2)12-25-18)19(22)15-7-9-16(10-8-15)20(23)24/h3-6,14-16,18H,7-12H2,1-2H3,(H,23,24). The van der Waals surface area contributed by atoms with E-state index in [4.69, 9.17) is 9.84 Å². The number of hydrogen-bond acceptors (Lipinski definition) is 3. The molecule has 2 atom stereocenters. The van der Waals surface area contributed by atoms with Crippen LogP contribution in [0.4, 0.5) is 0 Å². The van der Waals surface area contributed by atoms with Gasteiger partial charge in [-0.1, -0.05) is 24.3 Å². The number of morpholine rings is 1. The Morgan fingerprint density at radius 3 is 2.40 bits per heavy atom. The van der Waals surface area contributed by atoms with Gasteiger partial charge in [0, 0.05) is 5.92 Å². The molecule has 2 aliphatic rings. The number of aryl methyl sites for hydroxylation is 1. The van der Waals surface area contributed by atoms with Crippen LogP contribution in [0.25, 0.3) is 0 Å². The van der Waals surface area contributed by atoms with E-state index >= 15 is 0 Å². The fourth-order valence-electron chi connectivity index (χ4n) is 4.02. The van der Waals surface area contributed by atoms with Gasteiger partial charge in [-0.25, -0.2) is 0 Å². The number of carbonyl (C=O) groups excluding carboxylic acids is 1. The third kappa shape index (κ3) is 3.87. The summed E-state index contributed by atoms with van der Waals surface area (Å²) < 4.78 is 6.00. The molecular formula is C20H27NO4. The highest BCUT2D eigenvalue weighted by atomic mass is 16.5. The Labute approximate surface area is 149 Å². The van der Waals surface area contributed by atoms with E-state index in [1.54, 1.807) is 0 Å². The molecular weight excluding hydrogens is 318 g/mol. The van der Waals surface area contributed by atoms with Gasteiger partial charge in [-0.05, 0) is 50.7 Å². The van der Waals surface area contributed by atoms with Gasteiger partial charge in [0.05, 0.1) is 25.1 Å². The van der Waals surface area contributed by atoms with Crippen molar-refractivity contribution in [2.24, 2.45) is 11.8 Å². The van der Waals surface area contributed by atoms with Crippen LogP contribution in [0, 0.1) is 18.8 Å². The molecule has 1 aliphatic carbocycles. The van der Waals surface area contributed by atoms with Gasteiger partial charge in [-0.15, -0.1) is 0 Å². The van der Waals surface area contributed by atoms with E-state index in [2.05, 4.69) is 19.1 Å². The quantitative estimate of drug-likeness (QED) is 0.914. The minimum absolute atomic E-state index is 0.0475. The number of ether oxygens (including phenoxy) is 1. The second kappa shape index (κ2) is 7.56. The Morgan fingerprint density at radius 2 is 1.76 bits per heavy atom. The molecule has 1 heterocycles. The molecule has 1 amide bonds. The zero-order valence-corrected chi connectivity index (χ0v) is 15.0. The maximum Gasteiger partial charge on any atom is 0.306 e. The highest BCUT2D eigenvalue weighted by molar-refractivity contribution is 5.80. The van der Waals surface area contributed by atoms with Gasteiger partial charge in [-0.3, -0.25) is 9.59 Å². The molecule has 3 rings (SSSR count). The molecule has 5 heteroatoms. The second-order valence-electron chi connectivity index (χ2n) is 7.40. The number of benzene rings is 1. The molecule has 0 aromatic heterocycles. The Balaban J connectivity index is 1.67. The monoisotopic (exact) mass is 345 g/mol. The number of nitrogens with zero attached hydrogens (tertiary/aromatic N) is 1. The molecule has 136 valence electrons. The Morgan fingerprint density at radius 1 is 1.12 bits per heavy atom. The van der Waals surface area contributed by atoms with Gasteiger partial charge in [0.15, 0.2) is 0 Å². The average molecular weight is 345 g/mol. The summed E-state index contributed by atoms with van der Waals surface area (Å²) in [6.07, 6.45) is 2.47. The zero-order valence-electron chi connectivity index (χ0n) is 15.0. The number of carbonyl (C=O) groups is 2. The van der Waals surface area contributed by atoms with E-state index in [0.29, 0.717) is 38.8 Å². The lowest BCUT2D eigenvalue weighted by Crippen LogP contribution is -2.50. The molecule has 1 aromatic rings. The molecule has 1 saturated carbocycles. The van der Waals surface area contributed by atoms with Crippen molar-refractivity contribution >= 4 is 11.9 Å². The lowest BCUT2D eigenvalue weighted by atomic mass is 9.81. The van der Waals surface area contributed by atoms with Crippen LogP contribution in [-0.4, -0.2) is 41.1 Å². The van der Waals surface area contributed by atoms with Gasteiger partial charge in [0.25, 0.3) is 0 Å². The summed E-state index contributed by atoms with van der Waals surface area (Å²) in [5.74, 6) is -0.900. The highest BCUT2D eigenvalue weighted by Gasteiger charge is 2.37. The van der Waals surface area contributed by atoms with Crippen molar-refractivity contribution in [3.8, 4) is 0 Å². The van der Waals surface area contributed by atoms with E-state index in [9.17, 15) is 9.59 Å². The molecule has 5 nitrogen and oxygen atoms in total. The zero-order chi connectivity index (χ0) is 18.0. The van der Waals surface area contributed by atoms with Gasteiger partial charge in [0.2, 0.25) is 5.91 Å². The highest BCUT2D eigenvalue weighted by Crippen LogP contribution is 2.33. The number of carboxylic acids is 1. The first-order valence-corrected chi connectivity index (χ1v) is 9.17. The van der Waals surface area contributed by atoms with Crippen LogP contribution in [0.5, 0.6) is 0 Å². The number of carboxylic acid groups (broad SMARTS) is 1. The van der Waals surface area contributed by atoms with Gasteiger partial charge >= 0.3 is 5.97 Å². The maximum absolute atomic E-state index is 13.0. The van der Waals surface area contributed by atoms with Gasteiger partial charge in [-0.2, -0.15) is 0 Å². The minimum atomic E-state index is -0.731. The average Bonchev–Trinajstić information content (AvgIpc) is 2.62. The first-order chi connectivity index (χ1) is 12.0. The van der Waals surface area contributed by atoms with Crippen LogP contribution >= 0.6 is 0 Å². The topological polar surface area (TPSA) is 66.8 Å². The number of amides is 1. The predicted octanol–water partition coefficient (Wildman–Crippen LogP) is 3.17. The molecule has 1 saturated heterocycles. The van der Waals surface area contributed by atoms with Crippen molar-refractivity contribution in [2.45, 2.75) is 51.7 Å². The van der Waals surface area contributed by atoms with Gasteiger partial charge in [0.1, 0.15) is 6.10 Å². The third-order valence-corrected chi connectivity index (χ3v) is 5.68. The summed E-state index contributed by atoms with van der Waals surface area (Å²) in [5.41, 5.74) is 2.32. The van der Waals surface area contributed by atoms with Crippen molar-refractivity contribution in [1.29, 1.82) is 0 Å². The largest absolute Gasteiger partial charge is 0.481 e. The summed E-state index contributed by atoms with van der Waals surface area (Å²) in [6, 6.07) is 8.20. The van der Waals surface area contributed by atoms with E-state index in [-0.39, 0.29) is 29.9 Å². The molecule has 0 radical (unpaired) electrons. The summed E-state index contributed by atoms with van der Waals surface area (Å²) in [4.78, 5) is 26.1. The van der Waals surface area contributed by atoms with Gasteiger partial charge < -0.3 is 14.7 Å². The van der Waals surface area contributed by atoms with Crippen molar-refractivity contribution in [3.63, 3.8) is 0 Å². The molecule has 0 spiro atoms. The van der Waals surface area contributed by atoms with Crippen LogP contribution in [0.1, 0.15) is 49.8 Å². The van der Waals surface area contributed by atoms with Crippen molar-refractivity contribution in [2.75, 3.05) is 13.2 Å². The molecule has 2 unspecified atom stereocenters. The van der Waals surface area contributed by atoms with Crippen LogP contribution in [0.2, 0.25) is 0 Å². The Bertz CT molecular complexity index is 636. The number of hydrogen-bond donors (Lipinski definition) is 1. The Hall–Kier alpha value is -1.88. The fraction of sp³-hybridized carbons (Fsp3) is 0.600. The molecule has 25 heavy (non-hydrogen) atoms. The van der Waals surface area contributed by atoms with Crippen LogP contribution in [-0.2, 0) is 14.3 Å². The van der Waals surface area contributed by atoms with Crippen molar-refractivity contribution in [1.82, 2.24) is 4.90 Å². The number of rotatable bonds is 3. The van der Waals surface area contributed by atoms with E-state index < -0.39 is 5.97 Å². The van der Waals surface area contributed by atoms with Crippen LogP contribution in [0.15, 0.2) is 24.3 Å². The van der Waals surface area contributed by atoms with Crippen molar-refractivity contribution < 1.29 is 19.4 Å². The summed E-state index contributed by atoms with van der Waals surface area (Å²) in [7, 11) is 0. The second-order valence-corrected chi connectivity index (χ2v) is 7.40. The first-order valence-electron chi connectivity index (χ1n) is 9.17. The van der Waals surface area contributed by atoms with Crippen LogP contribution < -0.4 is 0 Å². The minimum Gasteiger partial charge on any atom is -0.481 e. The first kappa shape index (κ1) is 17.9. The van der Waals surface area contributed by atoms with Crippen molar-refractivity contribution in [3.05, 3.63) is 35.4 Å². The maximum atomic E-state index is 13.0. The molecule has 2 fully saturated rings. The van der Waals surface area contributed by atoms with E-state index in [1.165, 1.54) is 5.56 Å². The SMILES string of the molecule is Cc1ccccc1C1CN(C(=O)C2CCC(C(=O)O)CC2)C(C)CO1. The third-order valence-electron chi connectivity index (χ3n) is 5.68. The lowest BCUT2D eigenvalue weighted by Gasteiger charge is -2.41. The summed E-state index contributed by atoms with van der Waals surface area (Å²) in [6.45, 7) is 5.20. The molecule has 1 aliphatic heterocycles. The fourth-order valence-corrected chi connectivity index (χ4v) is 4.02. The molecule has 1 aromatic carbocycles. The normalized spacial score (nSPS) is 30.1. The molecule has 1 N–H and O–H groups in total. The summed E-state index contributed by atoms with van der Waals surface area (Å²) >= 11 is 0. The Kier molecular flexibility index (Phi) is 5.42. The number of aliphatic carboxylic acids is 1.